The molecule has 4 heterocycles. The van der Waals surface area contributed by atoms with Gasteiger partial charge in [-0.25, -0.2) is 4.98 Å². The van der Waals surface area contributed by atoms with Crippen molar-refractivity contribution >= 4 is 21.6 Å². The van der Waals surface area contributed by atoms with Gasteiger partial charge in [0.2, 0.25) is 0 Å². The van der Waals surface area contributed by atoms with Crippen molar-refractivity contribution in [3.05, 3.63) is 59.2 Å². The zero-order chi connectivity index (χ0) is 15.1. The second kappa shape index (κ2) is 5.06. The van der Waals surface area contributed by atoms with E-state index in [4.69, 9.17) is 4.52 Å². The number of nitrogens with zero attached hydrogens (tertiary/aromatic N) is 4. The third kappa shape index (κ3) is 2.12. The first-order valence-electron chi connectivity index (χ1n) is 6.74. The van der Waals surface area contributed by atoms with Crippen LogP contribution < -0.4 is 0 Å². The Balaban J connectivity index is 1.89. The minimum atomic E-state index is 0.695. The molecular formula is C16H11BrN4O. The summed E-state index contributed by atoms with van der Waals surface area (Å²) in [6, 6.07) is 9.80. The summed E-state index contributed by atoms with van der Waals surface area (Å²) in [5.41, 5.74) is 4.46. The summed E-state index contributed by atoms with van der Waals surface area (Å²) in [4.78, 5) is 8.83. The van der Waals surface area contributed by atoms with Crippen LogP contribution in [0, 0.1) is 6.92 Å². The number of aryl methyl sites for hydroxylation is 1. The van der Waals surface area contributed by atoms with Crippen LogP contribution in [0.1, 0.15) is 5.69 Å². The molecule has 0 aliphatic carbocycles. The zero-order valence-electron chi connectivity index (χ0n) is 11.7. The normalized spacial score (nSPS) is 11.2. The molecule has 0 radical (unpaired) electrons. The first-order chi connectivity index (χ1) is 10.7. The molecule has 4 aromatic heterocycles. The van der Waals surface area contributed by atoms with Crippen LogP contribution >= 0.6 is 15.9 Å². The van der Waals surface area contributed by atoms with Crippen LogP contribution in [0.15, 0.2) is 58.0 Å². The molecule has 5 nitrogen and oxygen atoms in total. The van der Waals surface area contributed by atoms with Gasteiger partial charge in [0.05, 0.1) is 23.7 Å². The molecule has 0 saturated carbocycles. The first-order valence-corrected chi connectivity index (χ1v) is 7.53. The van der Waals surface area contributed by atoms with Gasteiger partial charge in [0.1, 0.15) is 10.3 Å². The zero-order valence-corrected chi connectivity index (χ0v) is 13.3. The number of hydrogen-bond acceptors (Lipinski definition) is 4. The molecule has 0 atom stereocenters. The van der Waals surface area contributed by atoms with Gasteiger partial charge in [-0.1, -0.05) is 11.2 Å². The van der Waals surface area contributed by atoms with Gasteiger partial charge in [-0.3, -0.25) is 9.38 Å². The lowest BCUT2D eigenvalue weighted by atomic mass is 10.1. The Kier molecular flexibility index (Phi) is 3.04. The lowest BCUT2D eigenvalue weighted by molar-refractivity contribution is 0.432. The van der Waals surface area contributed by atoms with Gasteiger partial charge in [0.25, 0.3) is 0 Å². The van der Waals surface area contributed by atoms with Crippen molar-refractivity contribution in [3.63, 3.8) is 0 Å². The van der Waals surface area contributed by atoms with E-state index in [1.807, 2.05) is 47.9 Å². The molecule has 0 aliphatic heterocycles. The van der Waals surface area contributed by atoms with Crippen LogP contribution in [0.3, 0.4) is 0 Å². The van der Waals surface area contributed by atoms with Crippen molar-refractivity contribution in [3.8, 4) is 22.6 Å². The predicted molar refractivity (Wildman–Crippen MR) is 86.4 cm³/mol. The number of fused-ring (bicyclic) bond motifs is 1. The molecule has 4 aromatic rings. The number of pyridine rings is 2. The molecule has 0 fully saturated rings. The molecular weight excluding hydrogens is 344 g/mol. The molecule has 108 valence electrons. The number of imidazole rings is 1. The first kappa shape index (κ1) is 13.2. The molecule has 0 aromatic carbocycles. The molecule has 6 heteroatoms. The lowest BCUT2D eigenvalue weighted by Crippen LogP contribution is -1.89. The van der Waals surface area contributed by atoms with Gasteiger partial charge >= 0.3 is 0 Å². The van der Waals surface area contributed by atoms with E-state index >= 15 is 0 Å². The van der Waals surface area contributed by atoms with E-state index < -0.39 is 0 Å². The Morgan fingerprint density at radius 2 is 2.05 bits per heavy atom. The highest BCUT2D eigenvalue weighted by Gasteiger charge is 2.15. The van der Waals surface area contributed by atoms with Crippen molar-refractivity contribution in [1.82, 2.24) is 19.5 Å². The summed E-state index contributed by atoms with van der Waals surface area (Å²) in [7, 11) is 0. The van der Waals surface area contributed by atoms with E-state index in [-0.39, 0.29) is 0 Å². The molecule has 22 heavy (non-hydrogen) atoms. The molecule has 4 rings (SSSR count). The van der Waals surface area contributed by atoms with Gasteiger partial charge in [-0.05, 0) is 47.1 Å². The maximum Gasteiger partial charge on any atom is 0.177 e. The Bertz CT molecular complexity index is 973. The molecule has 0 unspecified atom stereocenters. The van der Waals surface area contributed by atoms with Crippen molar-refractivity contribution in [2.75, 3.05) is 0 Å². The van der Waals surface area contributed by atoms with Crippen LogP contribution in [-0.2, 0) is 0 Å². The maximum atomic E-state index is 5.47. The Morgan fingerprint density at radius 1 is 1.14 bits per heavy atom. The average molecular weight is 355 g/mol. The van der Waals surface area contributed by atoms with Crippen molar-refractivity contribution in [1.29, 1.82) is 0 Å². The summed E-state index contributed by atoms with van der Waals surface area (Å²) < 4.78 is 8.31. The largest absolute Gasteiger partial charge is 0.356 e. The van der Waals surface area contributed by atoms with Crippen molar-refractivity contribution in [2.45, 2.75) is 6.92 Å². The highest BCUT2D eigenvalue weighted by molar-refractivity contribution is 9.10. The minimum absolute atomic E-state index is 0.695. The fourth-order valence-electron chi connectivity index (χ4n) is 2.41. The van der Waals surface area contributed by atoms with E-state index in [1.165, 1.54) is 0 Å². The van der Waals surface area contributed by atoms with Gasteiger partial charge in [0, 0.05) is 17.5 Å². The highest BCUT2D eigenvalue weighted by Crippen LogP contribution is 2.31. The summed E-state index contributed by atoms with van der Waals surface area (Å²) in [5.74, 6) is 0.695. The number of aromatic nitrogens is 4. The van der Waals surface area contributed by atoms with E-state index in [0.717, 1.165) is 32.8 Å². The number of halogens is 1. The number of rotatable bonds is 2. The molecule has 0 spiro atoms. The number of hydrogen-bond donors (Lipinski definition) is 0. The third-order valence-electron chi connectivity index (χ3n) is 3.46. The molecule has 0 saturated heterocycles. The maximum absolute atomic E-state index is 5.47. The van der Waals surface area contributed by atoms with Crippen molar-refractivity contribution < 1.29 is 4.52 Å². The minimum Gasteiger partial charge on any atom is -0.356 e. The van der Waals surface area contributed by atoms with Crippen LogP contribution in [0.5, 0.6) is 0 Å². The van der Waals surface area contributed by atoms with E-state index in [2.05, 4.69) is 31.1 Å². The fraction of sp³-hybridized carbons (Fsp3) is 0.0625. The third-order valence-corrected chi connectivity index (χ3v) is 4.04. The SMILES string of the molecule is Cc1cccc(-c2cnoc2-c2ccc3ncc(Br)n3c2)n1. The van der Waals surface area contributed by atoms with Crippen LogP contribution in [0.25, 0.3) is 28.2 Å². The van der Waals surface area contributed by atoms with Gasteiger partial charge < -0.3 is 4.52 Å². The average Bonchev–Trinajstić information content (AvgIpc) is 3.14. The van der Waals surface area contributed by atoms with E-state index in [1.54, 1.807) is 12.4 Å². The standard InChI is InChI=1S/C16H11BrN4O/c1-10-3-2-4-13(20-10)12-7-19-22-16(12)11-5-6-15-18-8-14(17)21(15)9-11/h2-9H,1H3. The molecule has 0 amide bonds. The van der Waals surface area contributed by atoms with Crippen LogP contribution in [-0.4, -0.2) is 19.5 Å². The highest BCUT2D eigenvalue weighted by atomic mass is 79.9. The van der Waals surface area contributed by atoms with E-state index in [9.17, 15) is 0 Å². The Hall–Kier alpha value is -2.47. The molecule has 0 aliphatic rings. The lowest BCUT2D eigenvalue weighted by Gasteiger charge is -2.03. The van der Waals surface area contributed by atoms with Crippen LogP contribution in [0.2, 0.25) is 0 Å². The monoisotopic (exact) mass is 354 g/mol. The summed E-state index contributed by atoms with van der Waals surface area (Å²) >= 11 is 3.48. The van der Waals surface area contributed by atoms with Gasteiger partial charge in [-0.15, -0.1) is 0 Å². The Labute approximate surface area is 134 Å². The second-order valence-corrected chi connectivity index (χ2v) is 5.77. The molecule has 0 N–H and O–H groups in total. The molecule has 0 bridgehead atoms. The predicted octanol–water partition coefficient (Wildman–Crippen LogP) is 4.12. The Morgan fingerprint density at radius 3 is 2.91 bits per heavy atom. The van der Waals surface area contributed by atoms with Gasteiger partial charge in [0.15, 0.2) is 5.76 Å². The smallest absolute Gasteiger partial charge is 0.177 e. The summed E-state index contributed by atoms with van der Waals surface area (Å²) in [6.45, 7) is 1.96. The fourth-order valence-corrected chi connectivity index (χ4v) is 2.79. The van der Waals surface area contributed by atoms with Crippen molar-refractivity contribution in [2.24, 2.45) is 0 Å². The van der Waals surface area contributed by atoms with Crippen LogP contribution in [0.4, 0.5) is 0 Å². The van der Waals surface area contributed by atoms with E-state index in [0.29, 0.717) is 5.76 Å². The van der Waals surface area contributed by atoms with Gasteiger partial charge in [-0.2, -0.15) is 0 Å². The summed E-state index contributed by atoms with van der Waals surface area (Å²) in [6.07, 6.45) is 5.43. The quantitative estimate of drug-likeness (QED) is 0.543. The second-order valence-electron chi connectivity index (χ2n) is 4.96. The summed E-state index contributed by atoms with van der Waals surface area (Å²) in [5, 5.41) is 3.94. The topological polar surface area (TPSA) is 56.2 Å².